The van der Waals surface area contributed by atoms with Crippen LogP contribution in [0, 0.1) is 0 Å². The molecule has 4 nitrogen and oxygen atoms in total. The molecule has 0 spiro atoms. The molecule has 0 aromatic heterocycles. The Morgan fingerprint density at radius 2 is 2.11 bits per heavy atom. The summed E-state index contributed by atoms with van der Waals surface area (Å²) < 4.78 is 9.96. The first-order valence-corrected chi connectivity index (χ1v) is 5.59. The van der Waals surface area contributed by atoms with Crippen molar-refractivity contribution in [3.63, 3.8) is 0 Å². The first-order chi connectivity index (χ1) is 8.54. The SMILES string of the molecule is C=C(C)CC(C)OC(=O)c1ccccc1OC=O. The standard InChI is InChI=1S/C14H16O4/c1-10(2)8-11(3)18-14(16)12-6-4-5-7-13(12)17-9-15/h4-7,9,11H,1,8H2,2-3H3. The van der Waals surface area contributed by atoms with E-state index >= 15 is 0 Å². The van der Waals surface area contributed by atoms with E-state index in [2.05, 4.69) is 6.58 Å². The van der Waals surface area contributed by atoms with Gasteiger partial charge in [-0.25, -0.2) is 4.79 Å². The van der Waals surface area contributed by atoms with Crippen LogP contribution in [0.15, 0.2) is 36.4 Å². The fraction of sp³-hybridized carbons (Fsp3) is 0.286. The second-order valence-electron chi connectivity index (χ2n) is 4.09. The fourth-order valence-electron chi connectivity index (χ4n) is 1.57. The molecule has 96 valence electrons. The zero-order chi connectivity index (χ0) is 13.5. The molecule has 1 rings (SSSR count). The molecule has 0 saturated carbocycles. The van der Waals surface area contributed by atoms with Gasteiger partial charge in [0.1, 0.15) is 17.4 Å². The van der Waals surface area contributed by atoms with E-state index in [1.54, 1.807) is 25.1 Å². The number of carbonyl (C=O) groups is 2. The summed E-state index contributed by atoms with van der Waals surface area (Å²) in [6.07, 6.45) is 0.335. The summed E-state index contributed by atoms with van der Waals surface area (Å²) in [5, 5.41) is 0. The zero-order valence-electron chi connectivity index (χ0n) is 10.5. The van der Waals surface area contributed by atoms with Gasteiger partial charge in [0.2, 0.25) is 0 Å². The van der Waals surface area contributed by atoms with Gasteiger partial charge in [0.05, 0.1) is 0 Å². The van der Waals surface area contributed by atoms with Crippen molar-refractivity contribution >= 4 is 12.4 Å². The maximum Gasteiger partial charge on any atom is 0.342 e. The molecule has 0 fully saturated rings. The summed E-state index contributed by atoms with van der Waals surface area (Å²) in [5.74, 6) is -0.318. The number of ether oxygens (including phenoxy) is 2. The molecule has 0 aliphatic heterocycles. The molecule has 0 heterocycles. The Bertz CT molecular complexity index is 451. The van der Waals surface area contributed by atoms with Gasteiger partial charge in [-0.05, 0) is 26.0 Å². The maximum absolute atomic E-state index is 11.9. The summed E-state index contributed by atoms with van der Waals surface area (Å²) in [7, 11) is 0. The lowest BCUT2D eigenvalue weighted by Crippen LogP contribution is -2.16. The Morgan fingerprint density at radius 1 is 1.44 bits per heavy atom. The Labute approximate surface area is 106 Å². The Balaban J connectivity index is 2.77. The minimum atomic E-state index is -0.513. The number of carbonyl (C=O) groups excluding carboxylic acids is 2. The highest BCUT2D eigenvalue weighted by atomic mass is 16.5. The first-order valence-electron chi connectivity index (χ1n) is 5.59. The largest absolute Gasteiger partial charge is 0.459 e. The Morgan fingerprint density at radius 3 is 2.72 bits per heavy atom. The van der Waals surface area contributed by atoms with Gasteiger partial charge in [-0.15, -0.1) is 6.58 Å². The lowest BCUT2D eigenvalue weighted by molar-refractivity contribution is -0.120. The van der Waals surface area contributed by atoms with Crippen LogP contribution >= 0.6 is 0 Å². The van der Waals surface area contributed by atoms with Gasteiger partial charge in [-0.1, -0.05) is 17.7 Å². The van der Waals surface area contributed by atoms with Gasteiger partial charge in [-0.2, -0.15) is 0 Å². The molecule has 1 aromatic rings. The molecular formula is C14H16O4. The van der Waals surface area contributed by atoms with E-state index in [1.165, 1.54) is 6.07 Å². The minimum absolute atomic E-state index is 0.194. The van der Waals surface area contributed by atoms with E-state index in [-0.39, 0.29) is 23.9 Å². The van der Waals surface area contributed by atoms with Crippen LogP contribution in [0.1, 0.15) is 30.6 Å². The molecule has 18 heavy (non-hydrogen) atoms. The third kappa shape index (κ3) is 4.05. The summed E-state index contributed by atoms with van der Waals surface area (Å²) in [4.78, 5) is 22.2. The van der Waals surface area contributed by atoms with Crippen molar-refractivity contribution in [2.24, 2.45) is 0 Å². The van der Waals surface area contributed by atoms with E-state index in [9.17, 15) is 9.59 Å². The van der Waals surface area contributed by atoms with Crippen LogP contribution in [0.5, 0.6) is 5.75 Å². The second kappa shape index (κ2) is 6.59. The van der Waals surface area contributed by atoms with Gasteiger partial charge in [0.25, 0.3) is 6.47 Å². The molecule has 1 atom stereocenters. The van der Waals surface area contributed by atoms with E-state index in [1.807, 2.05) is 6.92 Å². The van der Waals surface area contributed by atoms with Crippen molar-refractivity contribution in [2.75, 3.05) is 0 Å². The predicted octanol–water partition coefficient (Wildman–Crippen LogP) is 2.73. The van der Waals surface area contributed by atoms with Gasteiger partial charge in [0, 0.05) is 6.42 Å². The second-order valence-corrected chi connectivity index (χ2v) is 4.09. The summed E-state index contributed by atoms with van der Waals surface area (Å²) in [6, 6.07) is 6.44. The molecule has 1 aromatic carbocycles. The fourth-order valence-corrected chi connectivity index (χ4v) is 1.57. The number of esters is 1. The molecule has 0 amide bonds. The molecule has 0 bridgehead atoms. The van der Waals surface area contributed by atoms with Crippen molar-refractivity contribution in [1.82, 2.24) is 0 Å². The van der Waals surface area contributed by atoms with Gasteiger partial charge in [-0.3, -0.25) is 4.79 Å². The van der Waals surface area contributed by atoms with Crippen molar-refractivity contribution in [3.05, 3.63) is 42.0 Å². The first kappa shape index (κ1) is 14.0. The van der Waals surface area contributed by atoms with Crippen molar-refractivity contribution < 1.29 is 19.1 Å². The normalized spacial score (nSPS) is 11.4. The van der Waals surface area contributed by atoms with Crippen molar-refractivity contribution in [3.8, 4) is 5.75 Å². The van der Waals surface area contributed by atoms with Crippen molar-refractivity contribution in [2.45, 2.75) is 26.4 Å². The highest BCUT2D eigenvalue weighted by Crippen LogP contribution is 2.19. The van der Waals surface area contributed by atoms with E-state index < -0.39 is 5.97 Å². The predicted molar refractivity (Wildman–Crippen MR) is 67.4 cm³/mol. The average Bonchev–Trinajstić information content (AvgIpc) is 2.28. The minimum Gasteiger partial charge on any atom is -0.459 e. The average molecular weight is 248 g/mol. The quantitative estimate of drug-likeness (QED) is 0.441. The molecule has 0 aliphatic carbocycles. The van der Waals surface area contributed by atoms with Crippen LogP contribution in [0.25, 0.3) is 0 Å². The van der Waals surface area contributed by atoms with Gasteiger partial charge < -0.3 is 9.47 Å². The van der Waals surface area contributed by atoms with Crippen LogP contribution < -0.4 is 4.74 Å². The third-order valence-electron chi connectivity index (χ3n) is 2.23. The van der Waals surface area contributed by atoms with E-state index in [4.69, 9.17) is 9.47 Å². The molecule has 0 N–H and O–H groups in total. The number of hydrogen-bond donors (Lipinski definition) is 0. The lowest BCUT2D eigenvalue weighted by Gasteiger charge is -2.14. The molecule has 1 unspecified atom stereocenters. The van der Waals surface area contributed by atoms with E-state index in [0.29, 0.717) is 6.42 Å². The van der Waals surface area contributed by atoms with Crippen molar-refractivity contribution in [1.29, 1.82) is 0 Å². The van der Waals surface area contributed by atoms with Crippen LogP contribution in [0.2, 0.25) is 0 Å². The number of hydrogen-bond acceptors (Lipinski definition) is 4. The Hall–Kier alpha value is -2.10. The van der Waals surface area contributed by atoms with Gasteiger partial charge >= 0.3 is 5.97 Å². The lowest BCUT2D eigenvalue weighted by atomic mass is 10.1. The van der Waals surface area contributed by atoms with Gasteiger partial charge in [0.15, 0.2) is 0 Å². The van der Waals surface area contributed by atoms with Crippen LogP contribution in [-0.4, -0.2) is 18.5 Å². The Kier molecular flexibility index (Phi) is 5.11. The molecule has 0 radical (unpaired) electrons. The number of rotatable bonds is 6. The number of para-hydroxylation sites is 1. The van der Waals surface area contributed by atoms with Crippen LogP contribution in [0.4, 0.5) is 0 Å². The van der Waals surface area contributed by atoms with E-state index in [0.717, 1.165) is 5.57 Å². The topological polar surface area (TPSA) is 52.6 Å². The molecular weight excluding hydrogens is 232 g/mol. The highest BCUT2D eigenvalue weighted by molar-refractivity contribution is 5.93. The summed E-state index contributed by atoms with van der Waals surface area (Å²) >= 11 is 0. The monoisotopic (exact) mass is 248 g/mol. The molecule has 4 heteroatoms. The third-order valence-corrected chi connectivity index (χ3v) is 2.23. The maximum atomic E-state index is 11.9. The number of benzene rings is 1. The van der Waals surface area contributed by atoms with Crippen LogP contribution in [-0.2, 0) is 9.53 Å². The summed E-state index contributed by atoms with van der Waals surface area (Å²) in [5.41, 5.74) is 1.17. The zero-order valence-corrected chi connectivity index (χ0v) is 10.5. The highest BCUT2D eigenvalue weighted by Gasteiger charge is 2.16. The molecule has 0 saturated heterocycles. The molecule has 0 aliphatic rings. The summed E-state index contributed by atoms with van der Waals surface area (Å²) in [6.45, 7) is 7.70. The smallest absolute Gasteiger partial charge is 0.342 e. The van der Waals surface area contributed by atoms with Crippen LogP contribution in [0.3, 0.4) is 0 Å².